The molecule has 0 saturated heterocycles. The quantitative estimate of drug-likeness (QED) is 0.839. The van der Waals surface area contributed by atoms with E-state index in [0.29, 0.717) is 12.6 Å². The Hall–Kier alpha value is -2.49. The molecule has 4 nitrogen and oxygen atoms in total. The number of nitrogens with zero attached hydrogens (tertiary/aromatic N) is 1. The van der Waals surface area contributed by atoms with Crippen molar-refractivity contribution in [3.8, 4) is 0 Å². The number of rotatable bonds is 5. The highest BCUT2D eigenvalue weighted by molar-refractivity contribution is 5.94. The van der Waals surface area contributed by atoms with Crippen LogP contribution in [0.25, 0.3) is 0 Å². The van der Waals surface area contributed by atoms with Gasteiger partial charge < -0.3 is 15.5 Å². The first-order valence-electron chi connectivity index (χ1n) is 9.77. The van der Waals surface area contributed by atoms with Crippen LogP contribution in [0.3, 0.4) is 0 Å². The van der Waals surface area contributed by atoms with Crippen molar-refractivity contribution in [3.63, 3.8) is 0 Å². The van der Waals surface area contributed by atoms with Gasteiger partial charge in [0.05, 0.1) is 6.54 Å². The fraction of sp³-hybridized carbons (Fsp3) is 0.409. The molecule has 1 heterocycles. The van der Waals surface area contributed by atoms with E-state index in [1.165, 1.54) is 43.4 Å². The molecule has 0 radical (unpaired) electrons. The number of benzene rings is 2. The van der Waals surface area contributed by atoms with Crippen molar-refractivity contribution in [2.24, 2.45) is 0 Å². The lowest BCUT2D eigenvalue weighted by Crippen LogP contribution is -2.31. The highest BCUT2D eigenvalue weighted by atomic mass is 16.2. The minimum absolute atomic E-state index is 0.0368. The molecule has 2 aliphatic rings. The maximum absolute atomic E-state index is 12.4. The Labute approximate surface area is 155 Å². The summed E-state index contributed by atoms with van der Waals surface area (Å²) in [6, 6.07) is 17.0. The van der Waals surface area contributed by atoms with Crippen LogP contribution in [-0.4, -0.2) is 25.0 Å². The summed E-state index contributed by atoms with van der Waals surface area (Å²) in [5.74, 6) is 0.0368. The minimum Gasteiger partial charge on any atom is -0.382 e. The third kappa shape index (κ3) is 4.01. The van der Waals surface area contributed by atoms with Gasteiger partial charge in [-0.2, -0.15) is 0 Å². The summed E-state index contributed by atoms with van der Waals surface area (Å²) in [7, 11) is 0. The predicted molar refractivity (Wildman–Crippen MR) is 108 cm³/mol. The Morgan fingerprint density at radius 3 is 2.50 bits per heavy atom. The summed E-state index contributed by atoms with van der Waals surface area (Å²) in [5, 5.41) is 6.63. The van der Waals surface area contributed by atoms with E-state index in [0.717, 1.165) is 24.3 Å². The molecule has 4 heteroatoms. The molecule has 1 aliphatic carbocycles. The van der Waals surface area contributed by atoms with Gasteiger partial charge in [-0.3, -0.25) is 4.79 Å². The lowest BCUT2D eigenvalue weighted by atomic mass is 9.95. The summed E-state index contributed by atoms with van der Waals surface area (Å²) in [5.41, 5.74) is 4.52. The fourth-order valence-electron chi connectivity index (χ4n) is 4.08. The Kier molecular flexibility index (Phi) is 5.09. The molecule has 0 bridgehead atoms. The number of para-hydroxylation sites is 1. The van der Waals surface area contributed by atoms with E-state index in [1.54, 1.807) is 0 Å². The molecule has 2 aromatic rings. The number of fused-ring (bicyclic) bond motifs is 1. The first-order chi connectivity index (χ1) is 12.8. The van der Waals surface area contributed by atoms with E-state index in [-0.39, 0.29) is 5.91 Å². The lowest BCUT2D eigenvalue weighted by Gasteiger charge is -2.24. The van der Waals surface area contributed by atoms with Crippen LogP contribution >= 0.6 is 0 Å². The van der Waals surface area contributed by atoms with Crippen LogP contribution in [0, 0.1) is 0 Å². The molecule has 136 valence electrons. The monoisotopic (exact) mass is 349 g/mol. The smallest absolute Gasteiger partial charge is 0.243 e. The Morgan fingerprint density at radius 2 is 1.69 bits per heavy atom. The maximum atomic E-state index is 12.4. The molecule has 0 atom stereocenters. The largest absolute Gasteiger partial charge is 0.382 e. The van der Waals surface area contributed by atoms with Crippen molar-refractivity contribution < 1.29 is 4.79 Å². The van der Waals surface area contributed by atoms with Gasteiger partial charge in [-0.15, -0.1) is 0 Å². The van der Waals surface area contributed by atoms with Crippen molar-refractivity contribution in [1.29, 1.82) is 0 Å². The number of hydrogen-bond acceptors (Lipinski definition) is 3. The van der Waals surface area contributed by atoms with Crippen LogP contribution in [0.5, 0.6) is 0 Å². The van der Waals surface area contributed by atoms with Gasteiger partial charge in [0, 0.05) is 29.6 Å². The van der Waals surface area contributed by atoms with E-state index < -0.39 is 0 Å². The molecule has 2 aromatic carbocycles. The zero-order chi connectivity index (χ0) is 17.8. The van der Waals surface area contributed by atoms with Gasteiger partial charge in [-0.1, -0.05) is 37.5 Å². The van der Waals surface area contributed by atoms with Gasteiger partial charge in [0.1, 0.15) is 0 Å². The van der Waals surface area contributed by atoms with Gasteiger partial charge >= 0.3 is 0 Å². The summed E-state index contributed by atoms with van der Waals surface area (Å²) in [4.78, 5) is 14.6. The van der Waals surface area contributed by atoms with Crippen molar-refractivity contribution >= 4 is 23.0 Å². The topological polar surface area (TPSA) is 44.4 Å². The number of carbonyl (C=O) groups excluding carboxylic acids is 1. The average Bonchev–Trinajstić information content (AvgIpc) is 3.07. The standard InChI is InChI=1S/C22H27N3O/c26-22(16-25-15-14-17-6-4-5-9-21(17)25)24-20-12-10-19(11-13-20)23-18-7-2-1-3-8-18/h4-6,9-13,18,23H,1-3,7-8,14-16H2,(H,24,26). The zero-order valence-corrected chi connectivity index (χ0v) is 15.2. The lowest BCUT2D eigenvalue weighted by molar-refractivity contribution is -0.115. The molecule has 0 aromatic heterocycles. The summed E-state index contributed by atoms with van der Waals surface area (Å²) < 4.78 is 0. The number of carbonyl (C=O) groups is 1. The molecular formula is C22H27N3O. The van der Waals surface area contributed by atoms with Crippen molar-refractivity contribution in [3.05, 3.63) is 54.1 Å². The van der Waals surface area contributed by atoms with Crippen LogP contribution < -0.4 is 15.5 Å². The molecule has 1 fully saturated rings. The number of anilines is 3. The minimum atomic E-state index is 0.0368. The third-order valence-corrected chi connectivity index (χ3v) is 5.46. The second-order valence-electron chi connectivity index (χ2n) is 7.41. The fourth-order valence-corrected chi connectivity index (χ4v) is 4.08. The molecule has 1 amide bonds. The summed E-state index contributed by atoms with van der Waals surface area (Å²) >= 11 is 0. The zero-order valence-electron chi connectivity index (χ0n) is 15.2. The van der Waals surface area contributed by atoms with Gasteiger partial charge in [0.2, 0.25) is 5.91 Å². The Morgan fingerprint density at radius 1 is 0.962 bits per heavy atom. The van der Waals surface area contributed by atoms with E-state index in [1.807, 2.05) is 18.2 Å². The third-order valence-electron chi connectivity index (χ3n) is 5.46. The predicted octanol–water partition coefficient (Wildman–Crippen LogP) is 4.43. The molecule has 4 rings (SSSR count). The van der Waals surface area contributed by atoms with Gasteiger partial charge in [0.15, 0.2) is 0 Å². The molecule has 2 N–H and O–H groups in total. The molecular weight excluding hydrogens is 322 g/mol. The van der Waals surface area contributed by atoms with Crippen LogP contribution in [0.1, 0.15) is 37.7 Å². The van der Waals surface area contributed by atoms with E-state index in [9.17, 15) is 4.79 Å². The highest BCUT2D eigenvalue weighted by Crippen LogP contribution is 2.27. The van der Waals surface area contributed by atoms with E-state index >= 15 is 0 Å². The van der Waals surface area contributed by atoms with Crippen LogP contribution in [0.15, 0.2) is 48.5 Å². The van der Waals surface area contributed by atoms with Crippen molar-refractivity contribution in [2.45, 2.75) is 44.6 Å². The van der Waals surface area contributed by atoms with Gasteiger partial charge in [0.25, 0.3) is 0 Å². The van der Waals surface area contributed by atoms with Crippen LogP contribution in [0.2, 0.25) is 0 Å². The first-order valence-corrected chi connectivity index (χ1v) is 9.77. The summed E-state index contributed by atoms with van der Waals surface area (Å²) in [6.45, 7) is 1.32. The molecule has 1 saturated carbocycles. The number of nitrogens with one attached hydrogen (secondary N) is 2. The SMILES string of the molecule is O=C(CN1CCc2ccccc21)Nc1ccc(NC2CCCCC2)cc1. The average molecular weight is 349 g/mol. The van der Waals surface area contributed by atoms with Crippen LogP contribution in [-0.2, 0) is 11.2 Å². The Balaban J connectivity index is 1.30. The molecule has 1 aliphatic heterocycles. The van der Waals surface area contributed by atoms with Crippen molar-refractivity contribution in [2.75, 3.05) is 28.6 Å². The maximum Gasteiger partial charge on any atom is 0.243 e. The van der Waals surface area contributed by atoms with Gasteiger partial charge in [-0.25, -0.2) is 0 Å². The number of amides is 1. The highest BCUT2D eigenvalue weighted by Gasteiger charge is 2.20. The van der Waals surface area contributed by atoms with E-state index in [2.05, 4.69) is 45.9 Å². The molecule has 26 heavy (non-hydrogen) atoms. The number of hydrogen-bond donors (Lipinski definition) is 2. The van der Waals surface area contributed by atoms with Crippen LogP contribution in [0.4, 0.5) is 17.1 Å². The second kappa shape index (κ2) is 7.81. The second-order valence-corrected chi connectivity index (χ2v) is 7.41. The van der Waals surface area contributed by atoms with Gasteiger partial charge in [-0.05, 0) is 55.2 Å². The molecule has 0 unspecified atom stereocenters. The molecule has 0 spiro atoms. The Bertz CT molecular complexity index is 750. The van der Waals surface area contributed by atoms with E-state index in [4.69, 9.17) is 0 Å². The normalized spacial score (nSPS) is 17.0. The first kappa shape index (κ1) is 17.0. The summed E-state index contributed by atoms with van der Waals surface area (Å²) in [6.07, 6.45) is 7.55. The van der Waals surface area contributed by atoms with Crippen molar-refractivity contribution in [1.82, 2.24) is 0 Å².